The molecule has 0 spiro atoms. The largest absolute Gasteiger partial charge is 0.388 e. The fraction of sp³-hybridized carbons (Fsp3) is 0.333. The van der Waals surface area contributed by atoms with E-state index in [1.54, 1.807) is 0 Å². The van der Waals surface area contributed by atoms with Crippen molar-refractivity contribution in [2.45, 2.75) is 19.8 Å². The van der Waals surface area contributed by atoms with Gasteiger partial charge in [0.1, 0.15) is 0 Å². The summed E-state index contributed by atoms with van der Waals surface area (Å²) < 4.78 is 0. The molecular weight excluding hydrogens is 158 g/mol. The summed E-state index contributed by atoms with van der Waals surface area (Å²) in [6.07, 6.45) is 1.97. The van der Waals surface area contributed by atoms with Crippen molar-refractivity contribution in [1.82, 2.24) is 0 Å². The van der Waals surface area contributed by atoms with Gasteiger partial charge in [-0.3, -0.25) is 0 Å². The molecule has 1 unspecified atom stereocenters. The topological polar surface area (TPSA) is 12.0 Å². The van der Waals surface area contributed by atoms with E-state index in [-0.39, 0.29) is 0 Å². The number of rotatable bonds is 3. The first-order valence-corrected chi connectivity index (χ1v) is 4.60. The molecule has 70 valence electrons. The average Bonchev–Trinajstić information content (AvgIpc) is 2.16. The molecule has 0 aliphatic carbocycles. The maximum Gasteiger partial charge on any atom is 0.0376 e. The minimum Gasteiger partial charge on any atom is -0.388 e. The molecule has 0 amide bonds. The molecule has 1 N–H and O–H groups in total. The summed E-state index contributed by atoms with van der Waals surface area (Å²) >= 11 is 0. The van der Waals surface area contributed by atoms with Crippen LogP contribution in [0.25, 0.3) is 0 Å². The summed E-state index contributed by atoms with van der Waals surface area (Å²) in [7, 11) is 1.95. The van der Waals surface area contributed by atoms with Crippen LogP contribution in [0.2, 0.25) is 0 Å². The van der Waals surface area contributed by atoms with Crippen LogP contribution in [0, 0.1) is 6.92 Å². The SMILES string of the molecule is C=CC(C)c1cc(C)ccc1NC. The highest BCUT2D eigenvalue weighted by Crippen LogP contribution is 2.25. The van der Waals surface area contributed by atoms with Gasteiger partial charge >= 0.3 is 0 Å². The van der Waals surface area contributed by atoms with Gasteiger partial charge in [0.25, 0.3) is 0 Å². The molecule has 1 nitrogen and oxygen atoms in total. The highest BCUT2D eigenvalue weighted by Gasteiger charge is 2.06. The van der Waals surface area contributed by atoms with Gasteiger partial charge in [0.05, 0.1) is 0 Å². The summed E-state index contributed by atoms with van der Waals surface area (Å²) in [6, 6.07) is 6.44. The van der Waals surface area contributed by atoms with E-state index in [4.69, 9.17) is 0 Å². The molecule has 0 saturated heterocycles. The summed E-state index contributed by atoms with van der Waals surface area (Å²) in [5.41, 5.74) is 3.80. The zero-order valence-electron chi connectivity index (χ0n) is 8.59. The molecule has 1 aromatic rings. The van der Waals surface area contributed by atoms with Crippen LogP contribution in [0.5, 0.6) is 0 Å². The lowest BCUT2D eigenvalue weighted by Crippen LogP contribution is -1.98. The molecule has 0 bridgehead atoms. The Morgan fingerprint density at radius 2 is 2.15 bits per heavy atom. The van der Waals surface area contributed by atoms with Crippen molar-refractivity contribution in [3.05, 3.63) is 42.0 Å². The summed E-state index contributed by atoms with van der Waals surface area (Å²) in [4.78, 5) is 0. The minimum atomic E-state index is 0.405. The van der Waals surface area contributed by atoms with Crippen molar-refractivity contribution in [3.8, 4) is 0 Å². The molecule has 0 aromatic heterocycles. The van der Waals surface area contributed by atoms with Gasteiger partial charge in [-0.25, -0.2) is 0 Å². The Hall–Kier alpha value is -1.24. The Morgan fingerprint density at radius 1 is 1.46 bits per heavy atom. The van der Waals surface area contributed by atoms with Crippen molar-refractivity contribution in [2.75, 3.05) is 12.4 Å². The van der Waals surface area contributed by atoms with Crippen LogP contribution in [0.4, 0.5) is 5.69 Å². The highest BCUT2D eigenvalue weighted by atomic mass is 14.8. The fourth-order valence-electron chi connectivity index (χ4n) is 1.41. The van der Waals surface area contributed by atoms with Crippen LogP contribution in [-0.2, 0) is 0 Å². The zero-order chi connectivity index (χ0) is 9.84. The third-order valence-corrected chi connectivity index (χ3v) is 2.32. The first-order chi connectivity index (χ1) is 6.19. The molecular formula is C12H17N. The number of hydrogen-bond acceptors (Lipinski definition) is 1. The zero-order valence-corrected chi connectivity index (χ0v) is 8.59. The summed E-state index contributed by atoms with van der Waals surface area (Å²) in [6.45, 7) is 8.08. The van der Waals surface area contributed by atoms with Gasteiger partial charge in [-0.2, -0.15) is 0 Å². The quantitative estimate of drug-likeness (QED) is 0.695. The Morgan fingerprint density at radius 3 is 2.69 bits per heavy atom. The van der Waals surface area contributed by atoms with E-state index < -0.39 is 0 Å². The van der Waals surface area contributed by atoms with Gasteiger partial charge in [-0.15, -0.1) is 6.58 Å². The van der Waals surface area contributed by atoms with E-state index in [0.29, 0.717) is 5.92 Å². The second kappa shape index (κ2) is 4.13. The lowest BCUT2D eigenvalue weighted by Gasteiger charge is -2.13. The van der Waals surface area contributed by atoms with Crippen molar-refractivity contribution in [2.24, 2.45) is 0 Å². The molecule has 0 heterocycles. The van der Waals surface area contributed by atoms with Crippen LogP contribution >= 0.6 is 0 Å². The van der Waals surface area contributed by atoms with Crippen molar-refractivity contribution >= 4 is 5.69 Å². The normalized spacial score (nSPS) is 12.2. The molecule has 0 fully saturated rings. The van der Waals surface area contributed by atoms with E-state index >= 15 is 0 Å². The number of benzene rings is 1. The fourth-order valence-corrected chi connectivity index (χ4v) is 1.41. The molecule has 1 aromatic carbocycles. The van der Waals surface area contributed by atoms with Gasteiger partial charge in [0, 0.05) is 18.7 Å². The Balaban J connectivity index is 3.14. The van der Waals surface area contributed by atoms with Gasteiger partial charge in [0.2, 0.25) is 0 Å². The lowest BCUT2D eigenvalue weighted by molar-refractivity contribution is 0.969. The average molecular weight is 175 g/mol. The lowest BCUT2D eigenvalue weighted by atomic mass is 9.97. The molecule has 0 aliphatic rings. The van der Waals surface area contributed by atoms with E-state index in [2.05, 4.69) is 43.9 Å². The van der Waals surface area contributed by atoms with Crippen LogP contribution in [-0.4, -0.2) is 7.05 Å². The Labute approximate surface area is 80.5 Å². The molecule has 0 saturated carbocycles. The first kappa shape index (κ1) is 9.85. The van der Waals surface area contributed by atoms with Gasteiger partial charge in [-0.1, -0.05) is 30.7 Å². The molecule has 13 heavy (non-hydrogen) atoms. The second-order valence-corrected chi connectivity index (χ2v) is 3.37. The number of anilines is 1. The maximum absolute atomic E-state index is 3.81. The minimum absolute atomic E-state index is 0.405. The van der Waals surface area contributed by atoms with Crippen LogP contribution < -0.4 is 5.32 Å². The summed E-state index contributed by atoms with van der Waals surface area (Å²) in [5, 5.41) is 3.19. The maximum atomic E-state index is 3.81. The molecule has 1 rings (SSSR count). The predicted octanol–water partition coefficient (Wildman–Crippen LogP) is 3.33. The van der Waals surface area contributed by atoms with Crippen molar-refractivity contribution in [3.63, 3.8) is 0 Å². The van der Waals surface area contributed by atoms with Crippen LogP contribution in [0.3, 0.4) is 0 Å². The predicted molar refractivity (Wildman–Crippen MR) is 59.3 cm³/mol. The van der Waals surface area contributed by atoms with Crippen molar-refractivity contribution < 1.29 is 0 Å². The monoisotopic (exact) mass is 175 g/mol. The van der Waals surface area contributed by atoms with E-state index in [0.717, 1.165) is 0 Å². The van der Waals surface area contributed by atoms with E-state index in [1.165, 1.54) is 16.8 Å². The summed E-state index contributed by atoms with van der Waals surface area (Å²) in [5.74, 6) is 0.405. The second-order valence-electron chi connectivity index (χ2n) is 3.37. The number of nitrogens with one attached hydrogen (secondary N) is 1. The highest BCUT2D eigenvalue weighted by molar-refractivity contribution is 5.54. The third kappa shape index (κ3) is 2.11. The molecule has 0 radical (unpaired) electrons. The molecule has 1 heteroatoms. The number of allylic oxidation sites excluding steroid dienone is 1. The first-order valence-electron chi connectivity index (χ1n) is 4.60. The number of aryl methyl sites for hydroxylation is 1. The third-order valence-electron chi connectivity index (χ3n) is 2.32. The van der Waals surface area contributed by atoms with Crippen LogP contribution in [0.1, 0.15) is 24.0 Å². The van der Waals surface area contributed by atoms with Gasteiger partial charge in [0.15, 0.2) is 0 Å². The molecule has 0 aliphatic heterocycles. The standard InChI is InChI=1S/C12H17N/c1-5-10(3)11-8-9(2)6-7-12(11)13-4/h5-8,10,13H,1H2,2-4H3. The van der Waals surface area contributed by atoms with E-state index in [1.807, 2.05) is 13.1 Å². The van der Waals surface area contributed by atoms with Gasteiger partial charge in [-0.05, 0) is 18.6 Å². The Bertz CT molecular complexity index is 302. The smallest absolute Gasteiger partial charge is 0.0376 e. The number of hydrogen-bond donors (Lipinski definition) is 1. The van der Waals surface area contributed by atoms with Gasteiger partial charge < -0.3 is 5.32 Å². The van der Waals surface area contributed by atoms with Crippen LogP contribution in [0.15, 0.2) is 30.9 Å². The van der Waals surface area contributed by atoms with Crippen molar-refractivity contribution in [1.29, 1.82) is 0 Å². The molecule has 1 atom stereocenters. The van der Waals surface area contributed by atoms with E-state index in [9.17, 15) is 0 Å². The Kier molecular flexibility index (Phi) is 3.13.